The van der Waals surface area contributed by atoms with E-state index in [2.05, 4.69) is 11.9 Å². The third-order valence-corrected chi connectivity index (χ3v) is 2.94. The van der Waals surface area contributed by atoms with Gasteiger partial charge in [-0.15, -0.1) is 0 Å². The van der Waals surface area contributed by atoms with E-state index in [1.54, 1.807) is 0 Å². The van der Waals surface area contributed by atoms with Gasteiger partial charge in [-0.1, -0.05) is 6.58 Å². The van der Waals surface area contributed by atoms with Gasteiger partial charge >= 0.3 is 0 Å². The molecule has 4 nitrogen and oxygen atoms in total. The number of carbonyl (C=O) groups is 1. The van der Waals surface area contributed by atoms with Crippen molar-refractivity contribution in [1.29, 1.82) is 0 Å². The lowest BCUT2D eigenvalue weighted by atomic mass is 9.72. The average Bonchev–Trinajstić information content (AvgIpc) is 2.58. The van der Waals surface area contributed by atoms with E-state index in [0.29, 0.717) is 5.92 Å². The van der Waals surface area contributed by atoms with Crippen LogP contribution in [0.15, 0.2) is 12.7 Å². The number of nitrogens with one attached hydrogen (secondary N) is 1. The molecule has 0 aromatic carbocycles. The first-order chi connectivity index (χ1) is 6.24. The van der Waals surface area contributed by atoms with E-state index in [1.165, 1.54) is 6.08 Å². The smallest absolute Gasteiger partial charge is 0.243 e. The van der Waals surface area contributed by atoms with E-state index in [1.807, 2.05) is 0 Å². The molecule has 13 heavy (non-hydrogen) atoms. The molecule has 3 N–H and O–H groups in total. The zero-order chi connectivity index (χ0) is 9.42. The molecular formula is C9H14N2O2. The Morgan fingerprint density at radius 2 is 2.46 bits per heavy atom. The van der Waals surface area contributed by atoms with Crippen LogP contribution < -0.4 is 11.1 Å². The zero-order valence-electron chi connectivity index (χ0n) is 7.40. The lowest BCUT2D eigenvalue weighted by Crippen LogP contribution is -2.68. The first-order valence-corrected chi connectivity index (χ1v) is 4.54. The fourth-order valence-corrected chi connectivity index (χ4v) is 2.15. The summed E-state index contributed by atoms with van der Waals surface area (Å²) in [6, 6.07) is 0.0365. The standard InChI is InChI=1S/C9H14N2O2/c1-2-6(12)11-8-7(10)5-3-4-13-9(5)8/h2,5,7-9H,1,3-4,10H2,(H,11,12). The molecule has 2 aliphatic rings. The van der Waals surface area contributed by atoms with Crippen LogP contribution in [0.2, 0.25) is 0 Å². The van der Waals surface area contributed by atoms with Gasteiger partial charge in [-0.05, 0) is 12.5 Å². The highest BCUT2D eigenvalue weighted by Gasteiger charge is 2.52. The molecule has 4 unspecified atom stereocenters. The molecule has 1 aliphatic heterocycles. The summed E-state index contributed by atoms with van der Waals surface area (Å²) in [5.74, 6) is 0.268. The van der Waals surface area contributed by atoms with Crippen LogP contribution in [0.5, 0.6) is 0 Å². The van der Waals surface area contributed by atoms with Crippen molar-refractivity contribution < 1.29 is 9.53 Å². The fraction of sp³-hybridized carbons (Fsp3) is 0.667. The van der Waals surface area contributed by atoms with Gasteiger partial charge in [0.05, 0.1) is 12.1 Å². The normalized spacial score (nSPS) is 41.9. The Labute approximate surface area is 77.1 Å². The molecule has 72 valence electrons. The molecule has 0 aromatic rings. The molecular weight excluding hydrogens is 168 g/mol. The van der Waals surface area contributed by atoms with Crippen molar-refractivity contribution >= 4 is 5.91 Å². The van der Waals surface area contributed by atoms with Crippen molar-refractivity contribution in [1.82, 2.24) is 5.32 Å². The van der Waals surface area contributed by atoms with Crippen LogP contribution in [0.1, 0.15) is 6.42 Å². The summed E-state index contributed by atoms with van der Waals surface area (Å²) < 4.78 is 5.45. The lowest BCUT2D eigenvalue weighted by molar-refractivity contribution is -0.120. The fourth-order valence-electron chi connectivity index (χ4n) is 2.15. The molecule has 1 saturated heterocycles. The Bertz CT molecular complexity index is 242. The molecule has 4 heteroatoms. The lowest BCUT2D eigenvalue weighted by Gasteiger charge is -2.45. The molecule has 1 aliphatic carbocycles. The number of hydrogen-bond donors (Lipinski definition) is 2. The van der Waals surface area contributed by atoms with Crippen LogP contribution in [0.3, 0.4) is 0 Å². The Morgan fingerprint density at radius 1 is 1.69 bits per heavy atom. The molecule has 1 saturated carbocycles. The number of carbonyl (C=O) groups excluding carboxylic acids is 1. The largest absolute Gasteiger partial charge is 0.376 e. The third-order valence-electron chi connectivity index (χ3n) is 2.94. The van der Waals surface area contributed by atoms with E-state index in [0.717, 1.165) is 13.0 Å². The van der Waals surface area contributed by atoms with Gasteiger partial charge in [-0.2, -0.15) is 0 Å². The molecule has 4 atom stereocenters. The number of ether oxygens (including phenoxy) is 1. The minimum atomic E-state index is -0.172. The van der Waals surface area contributed by atoms with Crippen molar-refractivity contribution in [2.75, 3.05) is 6.61 Å². The number of rotatable bonds is 2. The van der Waals surface area contributed by atoms with E-state index < -0.39 is 0 Å². The highest BCUT2D eigenvalue weighted by molar-refractivity contribution is 5.87. The van der Waals surface area contributed by atoms with Crippen LogP contribution in [0.25, 0.3) is 0 Å². The summed E-state index contributed by atoms with van der Waals surface area (Å²) in [5, 5.41) is 2.78. The van der Waals surface area contributed by atoms with E-state index in [-0.39, 0.29) is 24.1 Å². The van der Waals surface area contributed by atoms with Gasteiger partial charge in [0, 0.05) is 18.6 Å². The van der Waals surface area contributed by atoms with Crippen LogP contribution in [-0.2, 0) is 9.53 Å². The van der Waals surface area contributed by atoms with Crippen LogP contribution in [0.4, 0.5) is 0 Å². The Kier molecular flexibility index (Phi) is 2.09. The van der Waals surface area contributed by atoms with Crippen molar-refractivity contribution in [3.05, 3.63) is 12.7 Å². The van der Waals surface area contributed by atoms with Crippen molar-refractivity contribution in [3.8, 4) is 0 Å². The molecule has 1 heterocycles. The molecule has 0 aromatic heterocycles. The van der Waals surface area contributed by atoms with E-state index in [4.69, 9.17) is 10.5 Å². The van der Waals surface area contributed by atoms with Crippen LogP contribution in [0, 0.1) is 5.92 Å². The molecule has 2 rings (SSSR count). The first kappa shape index (κ1) is 8.72. The summed E-state index contributed by atoms with van der Waals surface area (Å²) in [4.78, 5) is 11.0. The maximum Gasteiger partial charge on any atom is 0.243 e. The predicted octanol–water partition coefficient (Wildman–Crippen LogP) is -0.597. The summed E-state index contributed by atoms with van der Waals surface area (Å²) >= 11 is 0. The molecule has 0 bridgehead atoms. The third kappa shape index (κ3) is 1.26. The summed E-state index contributed by atoms with van der Waals surface area (Å²) in [6.07, 6.45) is 2.42. The van der Waals surface area contributed by atoms with Gasteiger partial charge in [-0.25, -0.2) is 0 Å². The van der Waals surface area contributed by atoms with Crippen molar-refractivity contribution in [2.45, 2.75) is 24.6 Å². The van der Waals surface area contributed by atoms with Gasteiger partial charge in [-0.3, -0.25) is 4.79 Å². The molecule has 0 spiro atoms. The Balaban J connectivity index is 1.94. The summed E-state index contributed by atoms with van der Waals surface area (Å²) in [5.41, 5.74) is 5.88. The predicted molar refractivity (Wildman–Crippen MR) is 48.0 cm³/mol. The highest BCUT2D eigenvalue weighted by Crippen LogP contribution is 2.37. The SMILES string of the molecule is C=CC(=O)NC1C(N)C2CCOC21. The molecule has 2 fully saturated rings. The Morgan fingerprint density at radius 3 is 3.15 bits per heavy atom. The Hall–Kier alpha value is -0.870. The number of nitrogens with two attached hydrogens (primary N) is 1. The number of fused-ring (bicyclic) bond motifs is 1. The topological polar surface area (TPSA) is 64.4 Å². The van der Waals surface area contributed by atoms with Crippen molar-refractivity contribution in [2.24, 2.45) is 11.7 Å². The van der Waals surface area contributed by atoms with E-state index >= 15 is 0 Å². The van der Waals surface area contributed by atoms with E-state index in [9.17, 15) is 4.79 Å². The summed E-state index contributed by atoms with van der Waals surface area (Å²) in [6.45, 7) is 4.16. The van der Waals surface area contributed by atoms with Gasteiger partial charge in [0.15, 0.2) is 0 Å². The number of amides is 1. The maximum absolute atomic E-state index is 11.0. The second-order valence-electron chi connectivity index (χ2n) is 3.60. The highest BCUT2D eigenvalue weighted by atomic mass is 16.5. The number of hydrogen-bond acceptors (Lipinski definition) is 3. The minimum absolute atomic E-state index is 0.0157. The first-order valence-electron chi connectivity index (χ1n) is 4.54. The second kappa shape index (κ2) is 3.12. The molecule has 0 radical (unpaired) electrons. The van der Waals surface area contributed by atoms with Crippen LogP contribution in [-0.4, -0.2) is 30.7 Å². The monoisotopic (exact) mass is 182 g/mol. The molecule has 1 amide bonds. The second-order valence-corrected chi connectivity index (χ2v) is 3.60. The minimum Gasteiger partial charge on any atom is -0.376 e. The van der Waals surface area contributed by atoms with Crippen molar-refractivity contribution in [3.63, 3.8) is 0 Å². The van der Waals surface area contributed by atoms with Gasteiger partial charge in [0.2, 0.25) is 5.91 Å². The van der Waals surface area contributed by atoms with Gasteiger partial charge in [0.1, 0.15) is 0 Å². The quantitative estimate of drug-likeness (QED) is 0.561. The zero-order valence-corrected chi connectivity index (χ0v) is 7.40. The van der Waals surface area contributed by atoms with Gasteiger partial charge < -0.3 is 15.8 Å². The summed E-state index contributed by atoms with van der Waals surface area (Å²) in [7, 11) is 0. The van der Waals surface area contributed by atoms with Gasteiger partial charge in [0.25, 0.3) is 0 Å². The van der Waals surface area contributed by atoms with Crippen LogP contribution >= 0.6 is 0 Å². The average molecular weight is 182 g/mol. The maximum atomic E-state index is 11.0.